The van der Waals surface area contributed by atoms with Crippen LogP contribution in [0.1, 0.15) is 22.9 Å². The summed E-state index contributed by atoms with van der Waals surface area (Å²) in [5.74, 6) is -0.456. The minimum absolute atomic E-state index is 0.0788. The molecule has 2 atom stereocenters. The van der Waals surface area contributed by atoms with E-state index >= 15 is 0 Å². The van der Waals surface area contributed by atoms with Crippen molar-refractivity contribution in [2.24, 2.45) is 0 Å². The molecule has 0 fully saturated rings. The van der Waals surface area contributed by atoms with E-state index in [0.717, 1.165) is 27.7 Å². The number of nitro benzene ring substituents is 1. The van der Waals surface area contributed by atoms with Crippen molar-refractivity contribution in [1.29, 1.82) is 0 Å². The van der Waals surface area contributed by atoms with Crippen LogP contribution in [0, 0.1) is 10.1 Å². The Balaban J connectivity index is 1.82. The first-order valence-corrected chi connectivity index (χ1v) is 10.8. The lowest BCUT2D eigenvalue weighted by Crippen LogP contribution is -2.49. The second kappa shape index (κ2) is 8.26. The van der Waals surface area contributed by atoms with Crippen molar-refractivity contribution in [3.8, 4) is 0 Å². The van der Waals surface area contributed by atoms with Gasteiger partial charge in [-0.1, -0.05) is 54.1 Å². The van der Waals surface area contributed by atoms with Crippen molar-refractivity contribution in [1.82, 2.24) is 4.98 Å². The van der Waals surface area contributed by atoms with Crippen LogP contribution in [-0.4, -0.2) is 29.0 Å². The summed E-state index contributed by atoms with van der Waals surface area (Å²) in [5, 5.41) is 13.5. The molecule has 166 valence electrons. The zero-order valence-corrected chi connectivity index (χ0v) is 18.5. The minimum atomic E-state index is -0.761. The van der Waals surface area contributed by atoms with Crippen LogP contribution >= 0.6 is 11.6 Å². The molecule has 2 heterocycles. The number of anilines is 1. The van der Waals surface area contributed by atoms with Gasteiger partial charge >= 0.3 is 5.97 Å². The number of nitrogens with one attached hydrogen (secondary N) is 1. The standard InChI is InChI=1S/C25H20ClN3O4/c1-33-25(30)22-14-18-17-6-2-3-7-19(17)27-23(18)24(15-10-12-16(26)13-11-15)28(22)20-8-4-5-9-21(20)29(31)32/h2-13,22,24,27H,14H2,1H3/t22-,24?/m0/s1. The summed E-state index contributed by atoms with van der Waals surface area (Å²) in [5.41, 5.74) is 3.94. The first-order valence-electron chi connectivity index (χ1n) is 10.4. The van der Waals surface area contributed by atoms with Crippen molar-refractivity contribution in [2.45, 2.75) is 18.5 Å². The highest BCUT2D eigenvalue weighted by Crippen LogP contribution is 2.45. The van der Waals surface area contributed by atoms with Crippen molar-refractivity contribution >= 4 is 39.8 Å². The van der Waals surface area contributed by atoms with Gasteiger partial charge in [0.05, 0.1) is 18.1 Å². The minimum Gasteiger partial charge on any atom is -0.467 e. The van der Waals surface area contributed by atoms with Crippen LogP contribution in [0.15, 0.2) is 72.8 Å². The fourth-order valence-corrected chi connectivity index (χ4v) is 4.86. The molecular formula is C25H20ClN3O4. The average Bonchev–Trinajstić information content (AvgIpc) is 3.21. The highest BCUT2D eigenvalue weighted by Gasteiger charge is 2.43. The lowest BCUT2D eigenvalue weighted by Gasteiger charge is -2.42. The molecule has 0 amide bonds. The van der Waals surface area contributed by atoms with E-state index in [9.17, 15) is 14.9 Å². The number of halogens is 1. The van der Waals surface area contributed by atoms with Crippen molar-refractivity contribution in [2.75, 3.05) is 12.0 Å². The topological polar surface area (TPSA) is 88.5 Å². The van der Waals surface area contributed by atoms with E-state index in [1.54, 1.807) is 35.2 Å². The summed E-state index contributed by atoms with van der Waals surface area (Å²) in [4.78, 5) is 29.9. The number of nitro groups is 1. The molecule has 0 saturated heterocycles. The van der Waals surface area contributed by atoms with Gasteiger partial charge in [-0.05, 0) is 35.4 Å². The summed E-state index contributed by atoms with van der Waals surface area (Å²) in [6, 6.07) is 20.4. The lowest BCUT2D eigenvalue weighted by molar-refractivity contribution is -0.384. The fourth-order valence-electron chi connectivity index (χ4n) is 4.73. The Bertz CT molecular complexity index is 1370. The van der Waals surface area contributed by atoms with E-state index in [1.165, 1.54) is 13.2 Å². The number of carbonyl (C=O) groups is 1. The number of fused-ring (bicyclic) bond motifs is 3. The zero-order chi connectivity index (χ0) is 23.1. The lowest BCUT2D eigenvalue weighted by atomic mass is 9.87. The SMILES string of the molecule is COC(=O)[C@@H]1Cc2c([nH]c3ccccc23)C(c2ccc(Cl)cc2)N1c1ccccc1[N+](=O)[O-]. The third kappa shape index (κ3) is 3.50. The number of rotatable bonds is 4. The highest BCUT2D eigenvalue weighted by atomic mass is 35.5. The van der Waals surface area contributed by atoms with Crippen LogP contribution in [0.5, 0.6) is 0 Å². The molecule has 0 spiro atoms. The molecule has 1 aliphatic rings. The molecule has 5 rings (SSSR count). The maximum atomic E-state index is 13.1. The van der Waals surface area contributed by atoms with Crippen molar-refractivity contribution in [3.63, 3.8) is 0 Å². The Morgan fingerprint density at radius 1 is 1.09 bits per heavy atom. The monoisotopic (exact) mass is 461 g/mol. The predicted octanol–water partition coefficient (Wildman–Crippen LogP) is 5.42. The second-order valence-corrected chi connectivity index (χ2v) is 8.35. The second-order valence-electron chi connectivity index (χ2n) is 7.91. The first kappa shape index (κ1) is 21.0. The average molecular weight is 462 g/mol. The normalized spacial score (nSPS) is 17.6. The van der Waals surface area contributed by atoms with Crippen LogP contribution in [0.4, 0.5) is 11.4 Å². The Morgan fingerprint density at radius 2 is 1.79 bits per heavy atom. The molecule has 33 heavy (non-hydrogen) atoms. The van der Waals surface area contributed by atoms with Gasteiger partial charge < -0.3 is 14.6 Å². The van der Waals surface area contributed by atoms with Gasteiger partial charge in [0.1, 0.15) is 11.7 Å². The number of aromatic nitrogens is 1. The first-order chi connectivity index (χ1) is 16.0. The molecule has 0 saturated carbocycles. The van der Waals surface area contributed by atoms with Crippen molar-refractivity contribution < 1.29 is 14.5 Å². The zero-order valence-electron chi connectivity index (χ0n) is 17.7. The number of methoxy groups -OCH3 is 1. The molecule has 3 aromatic carbocycles. The van der Waals surface area contributed by atoms with E-state index in [-0.39, 0.29) is 5.69 Å². The van der Waals surface area contributed by atoms with Gasteiger partial charge in [0.15, 0.2) is 0 Å². The fraction of sp³-hybridized carbons (Fsp3) is 0.160. The number of carbonyl (C=O) groups excluding carboxylic acids is 1. The maximum Gasteiger partial charge on any atom is 0.328 e. The van der Waals surface area contributed by atoms with Crippen LogP contribution in [-0.2, 0) is 16.0 Å². The third-order valence-electron chi connectivity index (χ3n) is 6.15. The number of esters is 1. The summed E-state index contributed by atoms with van der Waals surface area (Å²) in [7, 11) is 1.34. The molecule has 1 aromatic heterocycles. The van der Waals surface area contributed by atoms with Gasteiger partial charge in [-0.15, -0.1) is 0 Å². The number of nitrogens with zero attached hydrogens (tertiary/aromatic N) is 2. The number of hydrogen-bond donors (Lipinski definition) is 1. The number of hydrogen-bond acceptors (Lipinski definition) is 5. The Morgan fingerprint density at radius 3 is 2.52 bits per heavy atom. The molecule has 4 aromatic rings. The largest absolute Gasteiger partial charge is 0.467 e. The summed E-state index contributed by atoms with van der Waals surface area (Å²) in [6.45, 7) is 0. The molecule has 1 N–H and O–H groups in total. The predicted molar refractivity (Wildman–Crippen MR) is 127 cm³/mol. The van der Waals surface area contributed by atoms with Crippen LogP contribution in [0.3, 0.4) is 0 Å². The van der Waals surface area contributed by atoms with E-state index in [1.807, 2.05) is 36.4 Å². The molecular weight excluding hydrogens is 442 g/mol. The molecule has 0 radical (unpaired) electrons. The van der Waals surface area contributed by atoms with Crippen LogP contribution < -0.4 is 4.90 Å². The van der Waals surface area contributed by atoms with E-state index < -0.39 is 23.0 Å². The summed E-state index contributed by atoms with van der Waals surface area (Å²) < 4.78 is 5.17. The molecule has 7 nitrogen and oxygen atoms in total. The van der Waals surface area contributed by atoms with E-state index in [2.05, 4.69) is 4.98 Å². The summed E-state index contributed by atoms with van der Waals surface area (Å²) in [6.07, 6.45) is 0.349. The number of H-pyrrole nitrogens is 1. The number of benzene rings is 3. The molecule has 0 bridgehead atoms. The van der Waals surface area contributed by atoms with Crippen molar-refractivity contribution in [3.05, 3.63) is 105 Å². The van der Waals surface area contributed by atoms with E-state index in [0.29, 0.717) is 17.1 Å². The molecule has 1 aliphatic heterocycles. The molecule has 8 heteroatoms. The van der Waals surface area contributed by atoms with Gasteiger partial charge in [-0.3, -0.25) is 10.1 Å². The Labute approximate surface area is 194 Å². The van der Waals surface area contributed by atoms with Crippen LogP contribution in [0.25, 0.3) is 10.9 Å². The number of aromatic amines is 1. The third-order valence-corrected chi connectivity index (χ3v) is 6.40. The van der Waals surface area contributed by atoms with Crippen LogP contribution in [0.2, 0.25) is 5.02 Å². The molecule has 1 unspecified atom stereocenters. The number of ether oxygens (including phenoxy) is 1. The van der Waals surface area contributed by atoms with Gasteiger partial charge in [-0.25, -0.2) is 4.79 Å². The highest BCUT2D eigenvalue weighted by molar-refractivity contribution is 6.30. The Hall–Kier alpha value is -3.84. The van der Waals surface area contributed by atoms with Gasteiger partial charge in [-0.2, -0.15) is 0 Å². The summed E-state index contributed by atoms with van der Waals surface area (Å²) >= 11 is 6.15. The van der Waals surface area contributed by atoms with E-state index in [4.69, 9.17) is 16.3 Å². The Kier molecular flexibility index (Phi) is 5.26. The molecule has 0 aliphatic carbocycles. The number of para-hydroxylation sites is 3. The smallest absolute Gasteiger partial charge is 0.328 e. The maximum absolute atomic E-state index is 13.1. The quantitative estimate of drug-likeness (QED) is 0.249. The van der Waals surface area contributed by atoms with Gasteiger partial charge in [0.25, 0.3) is 5.69 Å². The van der Waals surface area contributed by atoms with Gasteiger partial charge in [0, 0.05) is 34.1 Å². The van der Waals surface area contributed by atoms with Gasteiger partial charge in [0.2, 0.25) is 0 Å².